The zero-order valence-electron chi connectivity index (χ0n) is 9.97. The Bertz CT molecular complexity index is 482. The summed E-state index contributed by atoms with van der Waals surface area (Å²) >= 11 is 1.36. The van der Waals surface area contributed by atoms with Gasteiger partial charge in [-0.3, -0.25) is 4.79 Å². The molecule has 1 fully saturated rings. The van der Waals surface area contributed by atoms with E-state index in [1.807, 2.05) is 0 Å². The highest BCUT2D eigenvalue weighted by Crippen LogP contribution is 2.35. The summed E-state index contributed by atoms with van der Waals surface area (Å²) in [6.07, 6.45) is 1.47. The topological polar surface area (TPSA) is 86.6 Å². The van der Waals surface area contributed by atoms with Crippen LogP contribution < -0.4 is 5.32 Å². The van der Waals surface area contributed by atoms with Gasteiger partial charge in [0.15, 0.2) is 0 Å². The van der Waals surface area contributed by atoms with E-state index in [1.54, 1.807) is 13.0 Å². The monoisotopic (exact) mass is 269 g/mol. The molecular formula is C12H15NO4S. The standard InChI is InChI=1S/C12H15NO4S/c1-6-8(12(16)17)5-9(18-6)10-7(11(14)15)3-2-4-13-10/h5,7,10,13H,2-4H2,1H3,(H,14,15)(H,16,17). The molecule has 18 heavy (non-hydrogen) atoms. The molecule has 1 aliphatic rings. The minimum Gasteiger partial charge on any atom is -0.481 e. The van der Waals surface area contributed by atoms with E-state index < -0.39 is 17.9 Å². The lowest BCUT2D eigenvalue weighted by atomic mass is 9.90. The van der Waals surface area contributed by atoms with Crippen LogP contribution >= 0.6 is 11.3 Å². The average Bonchev–Trinajstić information content (AvgIpc) is 2.71. The third kappa shape index (κ3) is 2.39. The molecule has 98 valence electrons. The summed E-state index contributed by atoms with van der Waals surface area (Å²) < 4.78 is 0. The fourth-order valence-corrected chi connectivity index (χ4v) is 3.49. The summed E-state index contributed by atoms with van der Waals surface area (Å²) in [6, 6.07) is 1.33. The molecule has 1 aromatic rings. The second kappa shape index (κ2) is 5.07. The van der Waals surface area contributed by atoms with E-state index in [1.165, 1.54) is 11.3 Å². The number of thiophene rings is 1. The van der Waals surface area contributed by atoms with Crippen LogP contribution in [0.25, 0.3) is 0 Å². The number of piperidine rings is 1. The van der Waals surface area contributed by atoms with E-state index in [9.17, 15) is 14.7 Å². The maximum absolute atomic E-state index is 11.2. The van der Waals surface area contributed by atoms with Crippen molar-refractivity contribution in [3.05, 3.63) is 21.4 Å². The number of carbonyl (C=O) groups is 2. The highest BCUT2D eigenvalue weighted by atomic mass is 32.1. The molecule has 1 aliphatic heterocycles. The number of carboxylic acid groups (broad SMARTS) is 2. The van der Waals surface area contributed by atoms with Crippen LogP contribution in [0, 0.1) is 12.8 Å². The first-order valence-corrected chi connectivity index (χ1v) is 6.62. The van der Waals surface area contributed by atoms with Gasteiger partial charge in [0.05, 0.1) is 17.5 Å². The summed E-state index contributed by atoms with van der Waals surface area (Å²) in [5.74, 6) is -2.26. The van der Waals surface area contributed by atoms with Crippen LogP contribution in [0.5, 0.6) is 0 Å². The van der Waals surface area contributed by atoms with Gasteiger partial charge in [-0.2, -0.15) is 0 Å². The van der Waals surface area contributed by atoms with Crippen LogP contribution in [0.4, 0.5) is 0 Å². The van der Waals surface area contributed by atoms with Crippen LogP contribution in [0.1, 0.15) is 39.0 Å². The normalized spacial score (nSPS) is 23.8. The Labute approximate surface area is 108 Å². The summed E-state index contributed by atoms with van der Waals surface area (Å²) in [7, 11) is 0. The fourth-order valence-electron chi connectivity index (χ4n) is 2.32. The van der Waals surface area contributed by atoms with Crippen molar-refractivity contribution in [3.8, 4) is 0 Å². The van der Waals surface area contributed by atoms with Gasteiger partial charge < -0.3 is 15.5 Å². The summed E-state index contributed by atoms with van der Waals surface area (Å²) in [5, 5.41) is 21.4. The van der Waals surface area contributed by atoms with E-state index in [0.717, 1.165) is 17.8 Å². The number of aliphatic carboxylic acids is 1. The molecule has 2 rings (SSSR count). The smallest absolute Gasteiger partial charge is 0.336 e. The van der Waals surface area contributed by atoms with Gasteiger partial charge in [0.2, 0.25) is 0 Å². The van der Waals surface area contributed by atoms with E-state index in [0.29, 0.717) is 11.3 Å². The van der Waals surface area contributed by atoms with Gasteiger partial charge in [-0.05, 0) is 32.4 Å². The molecule has 3 N–H and O–H groups in total. The first-order chi connectivity index (χ1) is 8.50. The van der Waals surface area contributed by atoms with E-state index >= 15 is 0 Å². The van der Waals surface area contributed by atoms with Gasteiger partial charge in [-0.25, -0.2) is 4.79 Å². The number of hydrogen-bond donors (Lipinski definition) is 3. The maximum Gasteiger partial charge on any atom is 0.336 e. The van der Waals surface area contributed by atoms with Gasteiger partial charge in [-0.1, -0.05) is 0 Å². The average molecular weight is 269 g/mol. The minimum absolute atomic E-state index is 0.270. The highest BCUT2D eigenvalue weighted by Gasteiger charge is 2.33. The van der Waals surface area contributed by atoms with Gasteiger partial charge in [-0.15, -0.1) is 11.3 Å². The first kappa shape index (κ1) is 13.0. The van der Waals surface area contributed by atoms with E-state index in [2.05, 4.69) is 5.32 Å². The van der Waals surface area contributed by atoms with Crippen molar-refractivity contribution in [1.29, 1.82) is 0 Å². The molecule has 0 bridgehead atoms. The predicted molar refractivity (Wildman–Crippen MR) is 67.1 cm³/mol. The molecule has 0 radical (unpaired) electrons. The van der Waals surface area contributed by atoms with Crippen LogP contribution in [0.2, 0.25) is 0 Å². The summed E-state index contributed by atoms with van der Waals surface area (Å²) in [6.45, 7) is 2.52. The molecule has 5 nitrogen and oxygen atoms in total. The summed E-state index contributed by atoms with van der Waals surface area (Å²) in [5.41, 5.74) is 0.270. The van der Waals surface area contributed by atoms with E-state index in [-0.39, 0.29) is 11.6 Å². The third-order valence-electron chi connectivity index (χ3n) is 3.25. The maximum atomic E-state index is 11.2. The Balaban J connectivity index is 2.31. The van der Waals surface area contributed by atoms with Crippen LogP contribution in [-0.2, 0) is 4.79 Å². The molecule has 6 heteroatoms. The Hall–Kier alpha value is -1.40. The number of hydrogen-bond acceptors (Lipinski definition) is 4. The van der Waals surface area contributed by atoms with Crippen molar-refractivity contribution in [2.24, 2.45) is 5.92 Å². The molecule has 2 atom stereocenters. The van der Waals surface area contributed by atoms with Crippen molar-refractivity contribution < 1.29 is 19.8 Å². The Morgan fingerprint density at radius 3 is 2.72 bits per heavy atom. The van der Waals surface area contributed by atoms with E-state index in [4.69, 9.17) is 5.11 Å². The lowest BCUT2D eigenvalue weighted by Gasteiger charge is -2.28. The van der Waals surface area contributed by atoms with Crippen molar-refractivity contribution in [1.82, 2.24) is 5.32 Å². The van der Waals surface area contributed by atoms with Crippen molar-refractivity contribution in [2.45, 2.75) is 25.8 Å². The van der Waals surface area contributed by atoms with Gasteiger partial charge in [0, 0.05) is 9.75 Å². The molecule has 1 saturated heterocycles. The number of nitrogens with one attached hydrogen (secondary N) is 1. The molecular weight excluding hydrogens is 254 g/mol. The first-order valence-electron chi connectivity index (χ1n) is 5.80. The zero-order valence-corrected chi connectivity index (χ0v) is 10.8. The lowest BCUT2D eigenvalue weighted by Crippen LogP contribution is -2.37. The summed E-state index contributed by atoms with van der Waals surface area (Å²) in [4.78, 5) is 23.7. The quantitative estimate of drug-likeness (QED) is 0.780. The SMILES string of the molecule is Cc1sc(C2NCCCC2C(=O)O)cc1C(=O)O. The molecule has 2 unspecified atom stereocenters. The molecule has 0 amide bonds. The Morgan fingerprint density at radius 1 is 1.44 bits per heavy atom. The highest BCUT2D eigenvalue weighted by molar-refractivity contribution is 7.12. The third-order valence-corrected chi connectivity index (χ3v) is 4.38. The van der Waals surface area contributed by atoms with Gasteiger partial charge in [0.25, 0.3) is 0 Å². The van der Waals surface area contributed by atoms with Gasteiger partial charge >= 0.3 is 11.9 Å². The number of rotatable bonds is 3. The molecule has 0 aromatic carbocycles. The van der Waals surface area contributed by atoms with Gasteiger partial charge in [0.1, 0.15) is 0 Å². The van der Waals surface area contributed by atoms with Crippen LogP contribution in [-0.4, -0.2) is 28.7 Å². The number of carboxylic acids is 2. The second-order valence-electron chi connectivity index (χ2n) is 4.44. The van der Waals surface area contributed by atoms with Crippen LogP contribution in [0.3, 0.4) is 0 Å². The zero-order chi connectivity index (χ0) is 13.3. The van der Waals surface area contributed by atoms with Crippen molar-refractivity contribution in [3.63, 3.8) is 0 Å². The predicted octanol–water partition coefficient (Wildman–Crippen LogP) is 1.88. The molecule has 1 aromatic heterocycles. The Morgan fingerprint density at radius 2 is 2.17 bits per heavy atom. The fraction of sp³-hybridized carbons (Fsp3) is 0.500. The largest absolute Gasteiger partial charge is 0.481 e. The second-order valence-corrected chi connectivity index (χ2v) is 5.73. The molecule has 0 aliphatic carbocycles. The molecule has 0 spiro atoms. The van der Waals surface area contributed by atoms with Crippen LogP contribution in [0.15, 0.2) is 6.07 Å². The molecule has 0 saturated carbocycles. The number of aryl methyl sites for hydroxylation is 1. The lowest BCUT2D eigenvalue weighted by molar-refractivity contribution is -0.143. The van der Waals surface area contributed by atoms with Crippen molar-refractivity contribution >= 4 is 23.3 Å². The minimum atomic E-state index is -0.960. The van der Waals surface area contributed by atoms with Crippen molar-refractivity contribution in [2.75, 3.05) is 6.54 Å². The number of aromatic carboxylic acids is 1. The molecule has 2 heterocycles. The Kier molecular flexibility index (Phi) is 3.68.